The molecular formula is C19H36N2O8. The van der Waals surface area contributed by atoms with Crippen molar-refractivity contribution in [3.05, 3.63) is 0 Å². The van der Waals surface area contributed by atoms with Crippen LogP contribution in [0.4, 0.5) is 0 Å². The zero-order chi connectivity index (χ0) is 21.8. The normalized spacial score (nSPS) is 34.2. The monoisotopic (exact) mass is 420 g/mol. The van der Waals surface area contributed by atoms with Gasteiger partial charge in [-0.2, -0.15) is 0 Å². The van der Waals surface area contributed by atoms with Crippen molar-refractivity contribution in [2.75, 3.05) is 26.4 Å². The van der Waals surface area contributed by atoms with E-state index in [1.165, 1.54) is 0 Å². The largest absolute Gasteiger partial charge is 0.394 e. The molecule has 0 aliphatic carbocycles. The Morgan fingerprint density at radius 2 is 1.76 bits per heavy atom. The van der Waals surface area contributed by atoms with Crippen LogP contribution in [0.15, 0.2) is 0 Å². The van der Waals surface area contributed by atoms with Crippen molar-refractivity contribution >= 4 is 5.91 Å². The highest BCUT2D eigenvalue weighted by Crippen LogP contribution is 2.24. The van der Waals surface area contributed by atoms with E-state index >= 15 is 0 Å². The summed E-state index contributed by atoms with van der Waals surface area (Å²) >= 11 is 0. The van der Waals surface area contributed by atoms with Crippen LogP contribution in [0.3, 0.4) is 0 Å². The highest BCUT2D eigenvalue weighted by Gasteiger charge is 2.45. The highest BCUT2D eigenvalue weighted by molar-refractivity contribution is 5.82. The Morgan fingerprint density at radius 1 is 1.14 bits per heavy atom. The van der Waals surface area contributed by atoms with Crippen molar-refractivity contribution in [1.29, 1.82) is 0 Å². The third-order valence-corrected chi connectivity index (χ3v) is 5.22. The first kappa shape index (κ1) is 24.4. The topological polar surface area (TPSA) is 150 Å². The number of rotatable bonds is 8. The number of ether oxygens (including phenoxy) is 3. The Labute approximate surface area is 171 Å². The number of carbonyl (C=O) groups excluding carboxylic acids is 1. The van der Waals surface area contributed by atoms with Crippen molar-refractivity contribution in [2.45, 2.75) is 77.1 Å². The molecule has 0 saturated carbocycles. The van der Waals surface area contributed by atoms with Crippen LogP contribution in [0.2, 0.25) is 0 Å². The number of hydrogen-bond donors (Lipinski definition) is 6. The predicted octanol–water partition coefficient (Wildman–Crippen LogP) is -1.69. The summed E-state index contributed by atoms with van der Waals surface area (Å²) in [6.45, 7) is 9.01. The lowest BCUT2D eigenvalue weighted by molar-refractivity contribution is -0.254. The Morgan fingerprint density at radius 3 is 2.31 bits per heavy atom. The molecule has 0 aromatic carbocycles. The number of nitrogens with one attached hydrogen (secondary N) is 2. The average molecular weight is 421 g/mol. The molecule has 2 aliphatic rings. The lowest BCUT2D eigenvalue weighted by Gasteiger charge is -2.41. The molecule has 2 heterocycles. The van der Waals surface area contributed by atoms with Crippen LogP contribution in [-0.4, -0.2) is 95.7 Å². The molecule has 1 amide bonds. The number of aliphatic hydroxyl groups is 4. The molecule has 0 bridgehead atoms. The van der Waals surface area contributed by atoms with E-state index in [0.717, 1.165) is 0 Å². The zero-order valence-corrected chi connectivity index (χ0v) is 17.6. The Balaban J connectivity index is 1.86. The van der Waals surface area contributed by atoms with Crippen LogP contribution >= 0.6 is 0 Å². The first-order chi connectivity index (χ1) is 13.6. The molecule has 2 aliphatic heterocycles. The van der Waals surface area contributed by atoms with Crippen LogP contribution in [0.25, 0.3) is 0 Å². The first-order valence-electron chi connectivity index (χ1n) is 10.1. The molecular weight excluding hydrogens is 384 g/mol. The summed E-state index contributed by atoms with van der Waals surface area (Å²) in [6, 6.07) is -1.81. The molecule has 6 atom stereocenters. The molecule has 2 unspecified atom stereocenters. The van der Waals surface area contributed by atoms with Crippen molar-refractivity contribution in [3.8, 4) is 0 Å². The molecule has 170 valence electrons. The van der Waals surface area contributed by atoms with Gasteiger partial charge in [-0.25, -0.2) is 0 Å². The lowest BCUT2D eigenvalue weighted by Crippen LogP contribution is -2.66. The fourth-order valence-corrected chi connectivity index (χ4v) is 3.39. The molecule has 29 heavy (non-hydrogen) atoms. The van der Waals surface area contributed by atoms with Gasteiger partial charge in [0.1, 0.15) is 24.4 Å². The highest BCUT2D eigenvalue weighted by atomic mass is 16.7. The maximum atomic E-state index is 12.7. The summed E-state index contributed by atoms with van der Waals surface area (Å²) in [6.07, 6.45) is -5.32. The molecule has 2 rings (SSSR count). The SMILES string of the molecule is CC(C)[C@H](NCCC1OCC(C)(C)CO1)C(=O)N[C@H]1C(O)OC(CO)[C@@H](O)[C@@H]1O. The Kier molecular flexibility index (Phi) is 8.80. The van der Waals surface area contributed by atoms with Gasteiger partial charge in [-0.3, -0.25) is 4.79 Å². The number of aliphatic hydroxyl groups excluding tert-OH is 4. The molecule has 0 aromatic heterocycles. The van der Waals surface area contributed by atoms with Gasteiger partial charge in [0.25, 0.3) is 0 Å². The summed E-state index contributed by atoms with van der Waals surface area (Å²) in [5, 5.41) is 45.0. The van der Waals surface area contributed by atoms with Crippen molar-refractivity contribution in [3.63, 3.8) is 0 Å². The van der Waals surface area contributed by atoms with Gasteiger partial charge >= 0.3 is 0 Å². The van der Waals surface area contributed by atoms with Gasteiger partial charge in [-0.1, -0.05) is 27.7 Å². The summed E-state index contributed by atoms with van der Waals surface area (Å²) in [7, 11) is 0. The van der Waals surface area contributed by atoms with E-state index in [0.29, 0.717) is 26.2 Å². The minimum Gasteiger partial charge on any atom is -0.394 e. The van der Waals surface area contributed by atoms with Gasteiger partial charge in [-0.15, -0.1) is 0 Å². The molecule has 0 spiro atoms. The van der Waals surface area contributed by atoms with Crippen LogP contribution in [0.5, 0.6) is 0 Å². The summed E-state index contributed by atoms with van der Waals surface area (Å²) < 4.78 is 16.4. The van der Waals surface area contributed by atoms with Crippen LogP contribution in [-0.2, 0) is 19.0 Å². The second kappa shape index (κ2) is 10.5. The summed E-state index contributed by atoms with van der Waals surface area (Å²) in [4.78, 5) is 12.7. The van der Waals surface area contributed by atoms with Gasteiger partial charge < -0.3 is 45.3 Å². The fraction of sp³-hybridized carbons (Fsp3) is 0.947. The van der Waals surface area contributed by atoms with E-state index in [4.69, 9.17) is 19.3 Å². The second-order valence-electron chi connectivity index (χ2n) is 8.94. The Bertz CT molecular complexity index is 522. The predicted molar refractivity (Wildman–Crippen MR) is 103 cm³/mol. The molecule has 2 fully saturated rings. The number of carbonyl (C=O) groups is 1. The maximum Gasteiger partial charge on any atom is 0.237 e. The van der Waals surface area contributed by atoms with E-state index in [9.17, 15) is 20.1 Å². The molecule has 6 N–H and O–H groups in total. The van der Waals surface area contributed by atoms with Gasteiger partial charge in [0.2, 0.25) is 5.91 Å². The molecule has 10 nitrogen and oxygen atoms in total. The quantitative estimate of drug-likeness (QED) is 0.270. The van der Waals surface area contributed by atoms with E-state index in [1.807, 2.05) is 13.8 Å². The third kappa shape index (κ3) is 6.56. The standard InChI is InChI=1S/C19H36N2O8/c1-10(2)13(20-6-5-12-27-8-19(3,4)9-28-12)17(25)21-14-16(24)15(23)11(7-22)29-18(14)26/h10-16,18,20,22-24,26H,5-9H2,1-4H3,(H,21,25)/t11?,13-,14+,15+,16+,18?/m0/s1. The van der Waals surface area contributed by atoms with Crippen molar-refractivity contribution in [2.24, 2.45) is 11.3 Å². The van der Waals surface area contributed by atoms with E-state index in [-0.39, 0.29) is 17.6 Å². The third-order valence-electron chi connectivity index (χ3n) is 5.22. The number of amides is 1. The van der Waals surface area contributed by atoms with Crippen LogP contribution in [0, 0.1) is 11.3 Å². The zero-order valence-electron chi connectivity index (χ0n) is 17.6. The van der Waals surface area contributed by atoms with Crippen LogP contribution in [0.1, 0.15) is 34.1 Å². The molecule has 10 heteroatoms. The van der Waals surface area contributed by atoms with Crippen molar-refractivity contribution in [1.82, 2.24) is 10.6 Å². The van der Waals surface area contributed by atoms with E-state index in [1.54, 1.807) is 0 Å². The maximum absolute atomic E-state index is 12.7. The molecule has 0 radical (unpaired) electrons. The first-order valence-corrected chi connectivity index (χ1v) is 10.1. The van der Waals surface area contributed by atoms with Crippen molar-refractivity contribution < 1.29 is 39.4 Å². The van der Waals surface area contributed by atoms with Gasteiger partial charge in [0.05, 0.1) is 25.9 Å². The molecule has 0 aromatic rings. The molecule has 2 saturated heterocycles. The van der Waals surface area contributed by atoms with Crippen LogP contribution < -0.4 is 10.6 Å². The average Bonchev–Trinajstić information content (AvgIpc) is 2.65. The minimum atomic E-state index is -1.55. The van der Waals surface area contributed by atoms with E-state index < -0.39 is 49.2 Å². The van der Waals surface area contributed by atoms with Gasteiger partial charge in [-0.05, 0) is 5.92 Å². The number of hydrogen-bond acceptors (Lipinski definition) is 9. The smallest absolute Gasteiger partial charge is 0.237 e. The van der Waals surface area contributed by atoms with E-state index in [2.05, 4.69) is 24.5 Å². The van der Waals surface area contributed by atoms with Gasteiger partial charge in [0.15, 0.2) is 12.6 Å². The Hall–Kier alpha value is -0.850. The minimum absolute atomic E-state index is 0.00633. The second-order valence-corrected chi connectivity index (χ2v) is 8.94. The summed E-state index contributed by atoms with van der Waals surface area (Å²) in [5.41, 5.74) is -0.00633. The lowest BCUT2D eigenvalue weighted by atomic mass is 9.95. The van der Waals surface area contributed by atoms with Gasteiger partial charge in [0, 0.05) is 18.4 Å². The summed E-state index contributed by atoms with van der Waals surface area (Å²) in [5.74, 6) is -0.510. The fourth-order valence-electron chi connectivity index (χ4n) is 3.39.